The summed E-state index contributed by atoms with van der Waals surface area (Å²) < 4.78 is 1.68. The largest absolute Gasteiger partial charge is 0.508 e. The third-order valence-corrected chi connectivity index (χ3v) is 4.70. The van der Waals surface area contributed by atoms with E-state index < -0.39 is 11.9 Å². The van der Waals surface area contributed by atoms with Crippen molar-refractivity contribution in [2.24, 2.45) is 17.2 Å². The standard InChI is InChI=1S/C20H31N7O3/c21-10-2-1-3-15(22)12-27-13-16(25-26-27)6-9-19(29)24-18(20(23)30)11-14-4-7-17(28)8-5-14/h4-5,7-8,13,15,18,28H,1-3,6,9-12,21-22H2,(H2,23,30)(H,24,29)/t15-,18-/m0/s1. The minimum atomic E-state index is -0.829. The number of hydrogen-bond acceptors (Lipinski definition) is 7. The number of hydrogen-bond donors (Lipinski definition) is 5. The number of benzene rings is 1. The number of unbranched alkanes of at least 4 members (excludes halogenated alkanes) is 1. The van der Waals surface area contributed by atoms with Gasteiger partial charge in [0.2, 0.25) is 11.8 Å². The summed E-state index contributed by atoms with van der Waals surface area (Å²) in [4.78, 5) is 24.0. The van der Waals surface area contributed by atoms with E-state index in [4.69, 9.17) is 17.2 Å². The Morgan fingerprint density at radius 3 is 2.60 bits per heavy atom. The lowest BCUT2D eigenvalue weighted by Crippen LogP contribution is -2.45. The SMILES string of the molecule is NCCCC[C@H](N)Cn1cc(CCC(=O)N[C@@H](Cc2ccc(O)cc2)C(N)=O)nn1. The van der Waals surface area contributed by atoms with Gasteiger partial charge in [0.1, 0.15) is 11.8 Å². The number of carbonyl (C=O) groups is 2. The molecule has 0 radical (unpaired) electrons. The molecule has 8 N–H and O–H groups in total. The van der Waals surface area contributed by atoms with Gasteiger partial charge in [0.25, 0.3) is 0 Å². The van der Waals surface area contributed by atoms with Crippen LogP contribution in [-0.2, 0) is 29.0 Å². The van der Waals surface area contributed by atoms with Crippen LogP contribution in [0, 0.1) is 0 Å². The molecule has 0 aliphatic carbocycles. The van der Waals surface area contributed by atoms with E-state index in [1.807, 2.05) is 0 Å². The molecule has 10 nitrogen and oxygen atoms in total. The van der Waals surface area contributed by atoms with Gasteiger partial charge in [-0.2, -0.15) is 0 Å². The smallest absolute Gasteiger partial charge is 0.240 e. The molecule has 2 amide bonds. The average molecular weight is 418 g/mol. The highest BCUT2D eigenvalue weighted by atomic mass is 16.3. The van der Waals surface area contributed by atoms with Crippen LogP contribution in [0.25, 0.3) is 0 Å². The number of amides is 2. The summed E-state index contributed by atoms with van der Waals surface area (Å²) in [6, 6.07) is 5.54. The predicted octanol–water partition coefficient (Wildman–Crippen LogP) is -0.415. The number of nitrogens with zero attached hydrogens (tertiary/aromatic N) is 3. The van der Waals surface area contributed by atoms with Crippen LogP contribution in [0.2, 0.25) is 0 Å². The summed E-state index contributed by atoms with van der Waals surface area (Å²) in [6.45, 7) is 1.22. The van der Waals surface area contributed by atoms with Gasteiger partial charge in [0.15, 0.2) is 0 Å². The van der Waals surface area contributed by atoms with Crippen molar-refractivity contribution in [1.82, 2.24) is 20.3 Å². The molecule has 0 saturated carbocycles. The Morgan fingerprint density at radius 2 is 1.93 bits per heavy atom. The van der Waals surface area contributed by atoms with Crippen molar-refractivity contribution < 1.29 is 14.7 Å². The third kappa shape index (κ3) is 8.18. The van der Waals surface area contributed by atoms with Crippen molar-refractivity contribution in [3.63, 3.8) is 0 Å². The third-order valence-electron chi connectivity index (χ3n) is 4.70. The van der Waals surface area contributed by atoms with E-state index in [-0.39, 0.29) is 30.5 Å². The lowest BCUT2D eigenvalue weighted by molar-refractivity contribution is -0.127. The van der Waals surface area contributed by atoms with Gasteiger partial charge in [-0.25, -0.2) is 0 Å². The normalized spacial score (nSPS) is 13.0. The molecule has 0 saturated heterocycles. The molecule has 2 rings (SSSR count). The van der Waals surface area contributed by atoms with Crippen molar-refractivity contribution in [3.05, 3.63) is 41.7 Å². The summed E-state index contributed by atoms with van der Waals surface area (Å²) in [5, 5.41) is 20.1. The molecule has 10 heteroatoms. The minimum Gasteiger partial charge on any atom is -0.508 e. The van der Waals surface area contributed by atoms with Crippen molar-refractivity contribution in [2.45, 2.75) is 57.2 Å². The average Bonchev–Trinajstić information content (AvgIpc) is 3.15. The monoisotopic (exact) mass is 417 g/mol. The van der Waals surface area contributed by atoms with Crippen LogP contribution >= 0.6 is 0 Å². The highest BCUT2D eigenvalue weighted by Gasteiger charge is 2.19. The zero-order valence-corrected chi connectivity index (χ0v) is 17.0. The van der Waals surface area contributed by atoms with Crippen LogP contribution in [0.5, 0.6) is 5.75 Å². The summed E-state index contributed by atoms with van der Waals surface area (Å²) in [6.07, 6.45) is 5.36. The first-order valence-corrected chi connectivity index (χ1v) is 10.1. The number of primary amides is 1. The number of aromatic hydroxyl groups is 1. The molecule has 1 aromatic carbocycles. The zero-order chi connectivity index (χ0) is 21.9. The van der Waals surface area contributed by atoms with Crippen LogP contribution < -0.4 is 22.5 Å². The molecule has 2 aromatic rings. The number of phenols is 1. The van der Waals surface area contributed by atoms with Gasteiger partial charge in [0, 0.05) is 31.5 Å². The molecule has 0 spiro atoms. The maximum absolute atomic E-state index is 12.3. The number of carbonyl (C=O) groups excluding carboxylic acids is 2. The van der Waals surface area contributed by atoms with Crippen molar-refractivity contribution in [3.8, 4) is 5.75 Å². The van der Waals surface area contributed by atoms with Gasteiger partial charge < -0.3 is 27.6 Å². The second-order valence-electron chi connectivity index (χ2n) is 7.37. The molecule has 30 heavy (non-hydrogen) atoms. The summed E-state index contributed by atoms with van der Waals surface area (Å²) >= 11 is 0. The van der Waals surface area contributed by atoms with Crippen molar-refractivity contribution in [1.29, 1.82) is 0 Å². The molecule has 2 atom stereocenters. The number of nitrogens with one attached hydrogen (secondary N) is 1. The Kier molecular flexibility index (Phi) is 9.23. The number of nitrogens with two attached hydrogens (primary N) is 3. The maximum atomic E-state index is 12.3. The van der Waals surface area contributed by atoms with Gasteiger partial charge in [-0.3, -0.25) is 14.3 Å². The van der Waals surface area contributed by atoms with Crippen molar-refractivity contribution >= 4 is 11.8 Å². The molecule has 0 aliphatic rings. The minimum absolute atomic E-state index is 0.0226. The zero-order valence-electron chi connectivity index (χ0n) is 17.0. The summed E-state index contributed by atoms with van der Waals surface area (Å²) in [5.74, 6) is -0.792. The van der Waals surface area contributed by atoms with Gasteiger partial charge in [-0.05, 0) is 37.1 Å². The van der Waals surface area contributed by atoms with Crippen LogP contribution in [0.3, 0.4) is 0 Å². The number of phenolic OH excluding ortho intramolecular Hbond substituents is 1. The van der Waals surface area contributed by atoms with E-state index in [2.05, 4.69) is 15.6 Å². The Morgan fingerprint density at radius 1 is 1.20 bits per heavy atom. The molecule has 0 aliphatic heterocycles. The summed E-state index contributed by atoms with van der Waals surface area (Å²) in [7, 11) is 0. The highest BCUT2D eigenvalue weighted by Crippen LogP contribution is 2.11. The van der Waals surface area contributed by atoms with Crippen LogP contribution in [-0.4, -0.2) is 50.5 Å². The molecule has 0 bridgehead atoms. The Balaban J connectivity index is 1.79. The topological polar surface area (TPSA) is 175 Å². The molecule has 0 fully saturated rings. The molecule has 1 heterocycles. The van der Waals surface area contributed by atoms with Crippen LogP contribution in [0.4, 0.5) is 0 Å². The predicted molar refractivity (Wildman–Crippen MR) is 112 cm³/mol. The second kappa shape index (κ2) is 11.9. The Labute approximate surface area is 175 Å². The fourth-order valence-electron chi connectivity index (χ4n) is 3.02. The molecule has 0 unspecified atom stereocenters. The maximum Gasteiger partial charge on any atom is 0.240 e. The highest BCUT2D eigenvalue weighted by molar-refractivity contribution is 5.86. The fourth-order valence-corrected chi connectivity index (χ4v) is 3.02. The number of aryl methyl sites for hydroxylation is 1. The number of aromatic nitrogens is 3. The molecule has 1 aromatic heterocycles. The molecule has 164 valence electrons. The summed E-state index contributed by atoms with van der Waals surface area (Å²) in [5.41, 5.74) is 18.4. The van der Waals surface area contributed by atoms with Crippen LogP contribution in [0.1, 0.15) is 36.9 Å². The van der Waals surface area contributed by atoms with E-state index in [1.54, 1.807) is 23.0 Å². The van der Waals surface area contributed by atoms with Gasteiger partial charge >= 0.3 is 0 Å². The Bertz CT molecular complexity index is 807. The van der Waals surface area contributed by atoms with Crippen molar-refractivity contribution in [2.75, 3.05) is 6.54 Å². The first-order valence-electron chi connectivity index (χ1n) is 10.1. The first-order chi connectivity index (χ1) is 14.4. The fraction of sp³-hybridized carbons (Fsp3) is 0.500. The van der Waals surface area contributed by atoms with Gasteiger partial charge in [-0.1, -0.05) is 23.8 Å². The van der Waals surface area contributed by atoms with Crippen LogP contribution in [0.15, 0.2) is 30.5 Å². The first kappa shape index (κ1) is 23.3. The Hall–Kier alpha value is -2.98. The van der Waals surface area contributed by atoms with Gasteiger partial charge in [-0.15, -0.1) is 5.10 Å². The van der Waals surface area contributed by atoms with E-state index >= 15 is 0 Å². The second-order valence-corrected chi connectivity index (χ2v) is 7.37. The van der Waals surface area contributed by atoms with E-state index in [1.165, 1.54) is 12.1 Å². The van der Waals surface area contributed by atoms with E-state index in [0.717, 1.165) is 24.8 Å². The van der Waals surface area contributed by atoms with E-state index in [9.17, 15) is 14.7 Å². The molecular weight excluding hydrogens is 386 g/mol. The van der Waals surface area contributed by atoms with Gasteiger partial charge in [0.05, 0.1) is 12.2 Å². The van der Waals surface area contributed by atoms with E-state index in [0.29, 0.717) is 25.2 Å². The lowest BCUT2D eigenvalue weighted by atomic mass is 10.0. The quantitative estimate of drug-likeness (QED) is 0.275. The lowest BCUT2D eigenvalue weighted by Gasteiger charge is -2.15. The number of rotatable bonds is 13. The molecular formula is C20H31N7O3.